The molecule has 30 heavy (non-hydrogen) atoms. The number of thiophene rings is 1. The van der Waals surface area contributed by atoms with Crippen LogP contribution in [0.4, 0.5) is 5.69 Å². The van der Waals surface area contributed by atoms with Crippen molar-refractivity contribution in [3.63, 3.8) is 0 Å². The zero-order chi connectivity index (χ0) is 20.5. The van der Waals surface area contributed by atoms with E-state index < -0.39 is 0 Å². The molecule has 0 spiro atoms. The lowest BCUT2D eigenvalue weighted by Gasteiger charge is -2.30. The topological polar surface area (TPSA) is 59.8 Å². The average molecular weight is 439 g/mol. The molecule has 2 heterocycles. The zero-order valence-electron chi connectivity index (χ0n) is 17.0. The first-order chi connectivity index (χ1) is 14.7. The van der Waals surface area contributed by atoms with E-state index in [0.29, 0.717) is 17.7 Å². The highest BCUT2D eigenvalue weighted by atomic mass is 32.2. The van der Waals surface area contributed by atoms with Crippen molar-refractivity contribution in [1.82, 2.24) is 14.8 Å². The largest absolute Gasteiger partial charge is 0.325 e. The molecule has 2 aliphatic carbocycles. The number of aromatic nitrogens is 3. The van der Waals surface area contributed by atoms with Crippen LogP contribution in [0.1, 0.15) is 38.6 Å². The Morgan fingerprint density at radius 1 is 1.20 bits per heavy atom. The number of hydrogen-bond donors (Lipinski definition) is 1. The number of para-hydroxylation sites is 1. The molecule has 3 aromatic rings. The molecule has 0 saturated heterocycles. The van der Waals surface area contributed by atoms with Gasteiger partial charge in [-0.3, -0.25) is 9.36 Å². The van der Waals surface area contributed by atoms with Gasteiger partial charge in [0.15, 0.2) is 11.0 Å². The van der Waals surface area contributed by atoms with Crippen molar-refractivity contribution in [3.8, 4) is 10.7 Å². The first-order valence-electron chi connectivity index (χ1n) is 10.7. The molecule has 1 aromatic carbocycles. The van der Waals surface area contributed by atoms with Gasteiger partial charge in [0.25, 0.3) is 0 Å². The Balaban J connectivity index is 1.36. The Hall–Kier alpha value is -2.12. The lowest BCUT2D eigenvalue weighted by Crippen LogP contribution is -2.23. The lowest BCUT2D eigenvalue weighted by atomic mass is 9.84. The molecule has 2 bridgehead atoms. The summed E-state index contributed by atoms with van der Waals surface area (Å²) in [5, 5.41) is 14.9. The molecule has 4 unspecified atom stereocenters. The molecule has 156 valence electrons. The average Bonchev–Trinajstić information content (AvgIpc) is 3.56. The molecule has 4 atom stereocenters. The molecule has 2 aliphatic rings. The molecular weight excluding hydrogens is 412 g/mol. The number of amides is 1. The molecular formula is C23H26N4OS2. The van der Waals surface area contributed by atoms with Gasteiger partial charge in [-0.05, 0) is 67.5 Å². The SMILES string of the molecule is CC(C1CC2CCC1C2)n1c(SCC(=O)Nc2ccccc2)nnc1-c1cccs1. The van der Waals surface area contributed by atoms with Gasteiger partial charge in [-0.25, -0.2) is 0 Å². The summed E-state index contributed by atoms with van der Waals surface area (Å²) >= 11 is 3.17. The monoisotopic (exact) mass is 438 g/mol. The predicted molar refractivity (Wildman–Crippen MR) is 123 cm³/mol. The van der Waals surface area contributed by atoms with Crippen LogP contribution >= 0.6 is 23.1 Å². The highest BCUT2D eigenvalue weighted by molar-refractivity contribution is 7.99. The Labute approximate surface area is 185 Å². The number of nitrogens with one attached hydrogen (secondary N) is 1. The van der Waals surface area contributed by atoms with Crippen molar-refractivity contribution in [2.45, 2.75) is 43.8 Å². The molecule has 0 radical (unpaired) electrons. The van der Waals surface area contributed by atoms with E-state index in [1.165, 1.54) is 37.4 Å². The number of thioether (sulfide) groups is 1. The molecule has 5 nitrogen and oxygen atoms in total. The van der Waals surface area contributed by atoms with Gasteiger partial charge in [0.05, 0.1) is 10.6 Å². The summed E-state index contributed by atoms with van der Waals surface area (Å²) in [6.07, 6.45) is 5.45. The van der Waals surface area contributed by atoms with Crippen LogP contribution in [-0.4, -0.2) is 26.4 Å². The van der Waals surface area contributed by atoms with Crippen LogP contribution in [0.15, 0.2) is 53.0 Å². The zero-order valence-corrected chi connectivity index (χ0v) is 18.7. The molecule has 1 amide bonds. The predicted octanol–water partition coefficient (Wildman–Crippen LogP) is 5.73. The third-order valence-electron chi connectivity index (χ3n) is 6.62. The highest BCUT2D eigenvalue weighted by Gasteiger charge is 2.43. The van der Waals surface area contributed by atoms with Gasteiger partial charge in [0, 0.05) is 11.7 Å². The van der Waals surface area contributed by atoms with E-state index >= 15 is 0 Å². The molecule has 1 N–H and O–H groups in total. The van der Waals surface area contributed by atoms with Gasteiger partial charge >= 0.3 is 0 Å². The standard InChI is InChI=1S/C23H26N4OS2/c1-15(19-13-16-9-10-17(19)12-16)27-22(20-8-5-11-29-20)25-26-23(27)30-14-21(28)24-18-6-3-2-4-7-18/h2-8,11,15-17,19H,9-10,12-14H2,1H3,(H,24,28). The normalized spacial score (nSPS) is 23.6. The van der Waals surface area contributed by atoms with E-state index in [-0.39, 0.29) is 5.91 Å². The smallest absolute Gasteiger partial charge is 0.234 e. The maximum absolute atomic E-state index is 12.5. The fourth-order valence-corrected chi connectivity index (χ4v) is 6.77. The van der Waals surface area contributed by atoms with Gasteiger partial charge in [-0.1, -0.05) is 42.4 Å². The third-order valence-corrected chi connectivity index (χ3v) is 8.42. The first-order valence-corrected chi connectivity index (χ1v) is 12.5. The Morgan fingerprint density at radius 2 is 2.07 bits per heavy atom. The number of benzene rings is 1. The third kappa shape index (κ3) is 3.93. The van der Waals surface area contributed by atoms with E-state index in [1.807, 2.05) is 30.3 Å². The van der Waals surface area contributed by atoms with Crippen molar-refractivity contribution in [2.24, 2.45) is 17.8 Å². The van der Waals surface area contributed by atoms with Crippen molar-refractivity contribution in [2.75, 3.05) is 11.1 Å². The highest BCUT2D eigenvalue weighted by Crippen LogP contribution is 2.53. The number of nitrogens with zero attached hydrogens (tertiary/aromatic N) is 3. The van der Waals surface area contributed by atoms with Gasteiger partial charge in [0.1, 0.15) is 0 Å². The first kappa shape index (κ1) is 19.8. The number of hydrogen-bond acceptors (Lipinski definition) is 5. The number of carbonyl (C=O) groups excluding carboxylic acids is 1. The second kappa shape index (κ2) is 8.55. The quantitative estimate of drug-likeness (QED) is 0.478. The summed E-state index contributed by atoms with van der Waals surface area (Å²) < 4.78 is 2.30. The Kier molecular flexibility index (Phi) is 5.65. The van der Waals surface area contributed by atoms with Crippen molar-refractivity contribution < 1.29 is 4.79 Å². The minimum Gasteiger partial charge on any atom is -0.325 e. The maximum Gasteiger partial charge on any atom is 0.234 e. The van der Waals surface area contributed by atoms with E-state index in [4.69, 9.17) is 0 Å². The van der Waals surface area contributed by atoms with E-state index in [0.717, 1.165) is 33.4 Å². The number of carbonyl (C=O) groups is 1. The summed E-state index contributed by atoms with van der Waals surface area (Å²) in [4.78, 5) is 13.6. The number of anilines is 1. The van der Waals surface area contributed by atoms with Crippen LogP contribution in [0.5, 0.6) is 0 Å². The summed E-state index contributed by atoms with van der Waals surface area (Å²) in [6, 6.07) is 14.1. The minimum atomic E-state index is -0.0222. The summed E-state index contributed by atoms with van der Waals surface area (Å²) in [7, 11) is 0. The summed E-state index contributed by atoms with van der Waals surface area (Å²) in [5.74, 6) is 3.63. The molecule has 7 heteroatoms. The summed E-state index contributed by atoms with van der Waals surface area (Å²) in [5.41, 5.74) is 0.819. The van der Waals surface area contributed by atoms with Crippen LogP contribution in [0.3, 0.4) is 0 Å². The van der Waals surface area contributed by atoms with E-state index in [2.05, 4.69) is 44.5 Å². The van der Waals surface area contributed by atoms with E-state index in [1.54, 1.807) is 11.3 Å². The van der Waals surface area contributed by atoms with Gasteiger partial charge < -0.3 is 5.32 Å². The molecule has 5 rings (SSSR count). The molecule has 2 aromatic heterocycles. The van der Waals surface area contributed by atoms with Crippen LogP contribution in [-0.2, 0) is 4.79 Å². The second-order valence-corrected chi connectivity index (χ2v) is 10.3. The second-order valence-electron chi connectivity index (χ2n) is 8.44. The van der Waals surface area contributed by atoms with Gasteiger partial charge in [0.2, 0.25) is 5.91 Å². The lowest BCUT2D eigenvalue weighted by molar-refractivity contribution is -0.113. The fraction of sp³-hybridized carbons (Fsp3) is 0.435. The van der Waals surface area contributed by atoms with E-state index in [9.17, 15) is 4.79 Å². The molecule has 0 aliphatic heterocycles. The van der Waals surface area contributed by atoms with Crippen LogP contribution in [0.2, 0.25) is 0 Å². The van der Waals surface area contributed by atoms with Crippen LogP contribution in [0, 0.1) is 17.8 Å². The Morgan fingerprint density at radius 3 is 2.77 bits per heavy atom. The van der Waals surface area contributed by atoms with Crippen LogP contribution < -0.4 is 5.32 Å². The van der Waals surface area contributed by atoms with Gasteiger partial charge in [-0.2, -0.15) is 0 Å². The van der Waals surface area contributed by atoms with Gasteiger partial charge in [-0.15, -0.1) is 21.5 Å². The maximum atomic E-state index is 12.5. The molecule has 2 saturated carbocycles. The minimum absolute atomic E-state index is 0.0222. The van der Waals surface area contributed by atoms with Crippen molar-refractivity contribution in [3.05, 3.63) is 47.8 Å². The molecule has 2 fully saturated rings. The Bertz CT molecular complexity index is 1000. The summed E-state index contributed by atoms with van der Waals surface area (Å²) in [6.45, 7) is 2.32. The van der Waals surface area contributed by atoms with Crippen molar-refractivity contribution >= 4 is 34.7 Å². The number of rotatable bonds is 7. The number of fused-ring (bicyclic) bond motifs is 2. The van der Waals surface area contributed by atoms with Crippen molar-refractivity contribution in [1.29, 1.82) is 0 Å². The van der Waals surface area contributed by atoms with Crippen LogP contribution in [0.25, 0.3) is 10.7 Å². The fourth-order valence-electron chi connectivity index (χ4n) is 5.24.